The number of nitrogens with one attached hydrogen (secondary N) is 1. The van der Waals surface area contributed by atoms with Gasteiger partial charge < -0.3 is 10.2 Å². The summed E-state index contributed by atoms with van der Waals surface area (Å²) in [5, 5.41) is 3.39. The van der Waals surface area contributed by atoms with Crippen LogP contribution in [0.3, 0.4) is 0 Å². The zero-order chi connectivity index (χ0) is 12.8. The van der Waals surface area contributed by atoms with Crippen molar-refractivity contribution in [1.29, 1.82) is 0 Å². The van der Waals surface area contributed by atoms with Crippen LogP contribution >= 0.6 is 11.8 Å². The van der Waals surface area contributed by atoms with Crippen LogP contribution in [0.15, 0.2) is 0 Å². The third-order valence-corrected chi connectivity index (χ3v) is 5.04. The van der Waals surface area contributed by atoms with E-state index in [1.165, 1.54) is 24.3 Å². The molecule has 2 fully saturated rings. The first kappa shape index (κ1) is 14.2. The number of thioether (sulfide) groups is 1. The summed E-state index contributed by atoms with van der Waals surface area (Å²) in [5.41, 5.74) is 0. The summed E-state index contributed by atoms with van der Waals surface area (Å²) >= 11 is 2.06. The summed E-state index contributed by atoms with van der Waals surface area (Å²) in [6.45, 7) is 5.10. The molecule has 2 rings (SSSR count). The molecule has 0 spiro atoms. The lowest BCUT2D eigenvalue weighted by atomic mass is 9.98. The first-order valence-corrected chi connectivity index (χ1v) is 8.56. The van der Waals surface area contributed by atoms with Crippen molar-refractivity contribution in [3.63, 3.8) is 0 Å². The molecule has 1 N–H and O–H groups in total. The van der Waals surface area contributed by atoms with Crippen LogP contribution in [0.2, 0.25) is 0 Å². The molecule has 3 nitrogen and oxygen atoms in total. The number of hydrogen-bond donors (Lipinski definition) is 1. The number of likely N-dealkylation sites (tertiary alicyclic amines) is 1. The molecule has 0 aromatic rings. The van der Waals surface area contributed by atoms with Crippen molar-refractivity contribution in [2.24, 2.45) is 5.92 Å². The van der Waals surface area contributed by atoms with Gasteiger partial charge in [-0.1, -0.05) is 6.92 Å². The highest BCUT2D eigenvalue weighted by atomic mass is 32.2. The molecule has 0 radical (unpaired) electrons. The molecule has 0 saturated carbocycles. The van der Waals surface area contributed by atoms with E-state index in [9.17, 15) is 4.79 Å². The minimum atomic E-state index is 0.0941. The first-order valence-electron chi connectivity index (χ1n) is 7.41. The van der Waals surface area contributed by atoms with Gasteiger partial charge in [-0.25, -0.2) is 0 Å². The van der Waals surface area contributed by atoms with E-state index in [2.05, 4.69) is 28.9 Å². The maximum Gasteiger partial charge on any atom is 0.239 e. The first-order chi connectivity index (χ1) is 8.81. The van der Waals surface area contributed by atoms with Crippen LogP contribution in [-0.2, 0) is 4.79 Å². The Morgan fingerprint density at radius 1 is 1.33 bits per heavy atom. The number of carbonyl (C=O) groups is 1. The van der Waals surface area contributed by atoms with Gasteiger partial charge in [0, 0.05) is 13.1 Å². The molecule has 2 aliphatic rings. The highest BCUT2D eigenvalue weighted by Crippen LogP contribution is 2.25. The van der Waals surface area contributed by atoms with Crippen molar-refractivity contribution in [3.05, 3.63) is 0 Å². The van der Waals surface area contributed by atoms with Crippen molar-refractivity contribution >= 4 is 17.7 Å². The number of carbonyl (C=O) groups excluding carboxylic acids is 1. The van der Waals surface area contributed by atoms with Crippen LogP contribution < -0.4 is 5.32 Å². The lowest BCUT2D eigenvalue weighted by molar-refractivity contribution is -0.136. The zero-order valence-corrected chi connectivity index (χ0v) is 12.3. The van der Waals surface area contributed by atoms with Gasteiger partial charge in [0.05, 0.1) is 6.04 Å². The van der Waals surface area contributed by atoms with Crippen molar-refractivity contribution in [1.82, 2.24) is 10.2 Å². The van der Waals surface area contributed by atoms with E-state index in [1.54, 1.807) is 0 Å². The number of hydrogen-bond acceptors (Lipinski definition) is 3. The Bertz CT molecular complexity index is 267. The van der Waals surface area contributed by atoms with Gasteiger partial charge in [-0.15, -0.1) is 0 Å². The fourth-order valence-corrected chi connectivity index (χ4v) is 4.07. The van der Waals surface area contributed by atoms with Gasteiger partial charge >= 0.3 is 0 Å². The normalized spacial score (nSPS) is 26.6. The average Bonchev–Trinajstić information content (AvgIpc) is 2.41. The molecular weight excluding hydrogens is 244 g/mol. The highest BCUT2D eigenvalue weighted by molar-refractivity contribution is 7.99. The maximum atomic E-state index is 12.4. The largest absolute Gasteiger partial charge is 0.341 e. The summed E-state index contributed by atoms with van der Waals surface area (Å²) in [4.78, 5) is 14.5. The quantitative estimate of drug-likeness (QED) is 0.830. The van der Waals surface area contributed by atoms with Crippen molar-refractivity contribution in [2.45, 2.75) is 45.1 Å². The summed E-state index contributed by atoms with van der Waals surface area (Å²) in [6, 6.07) is 0.0941. The Hall–Kier alpha value is -0.220. The van der Waals surface area contributed by atoms with Gasteiger partial charge in [0.2, 0.25) is 5.91 Å². The molecule has 104 valence electrons. The number of piperidine rings is 1. The third kappa shape index (κ3) is 3.89. The van der Waals surface area contributed by atoms with E-state index in [0.29, 0.717) is 5.91 Å². The zero-order valence-electron chi connectivity index (χ0n) is 11.5. The maximum absolute atomic E-state index is 12.4. The smallest absolute Gasteiger partial charge is 0.239 e. The monoisotopic (exact) mass is 270 g/mol. The molecule has 18 heavy (non-hydrogen) atoms. The highest BCUT2D eigenvalue weighted by Gasteiger charge is 2.29. The average molecular weight is 270 g/mol. The molecule has 1 atom stereocenters. The van der Waals surface area contributed by atoms with Gasteiger partial charge in [-0.05, 0) is 56.1 Å². The van der Waals surface area contributed by atoms with Crippen LogP contribution in [0.4, 0.5) is 0 Å². The molecule has 1 unspecified atom stereocenters. The summed E-state index contributed by atoms with van der Waals surface area (Å²) in [5.74, 6) is 3.67. The molecule has 0 aliphatic carbocycles. The minimum Gasteiger partial charge on any atom is -0.341 e. The van der Waals surface area contributed by atoms with Gasteiger partial charge in [0.25, 0.3) is 0 Å². The predicted octanol–water partition coefficient (Wildman–Crippen LogP) is 2.12. The summed E-state index contributed by atoms with van der Waals surface area (Å²) in [7, 11) is 0. The number of nitrogens with zero attached hydrogens (tertiary/aromatic N) is 1. The van der Waals surface area contributed by atoms with Crippen molar-refractivity contribution in [3.8, 4) is 0 Å². The second-order valence-corrected chi connectivity index (χ2v) is 6.71. The van der Waals surface area contributed by atoms with E-state index < -0.39 is 0 Å². The summed E-state index contributed by atoms with van der Waals surface area (Å²) < 4.78 is 0. The minimum absolute atomic E-state index is 0.0941. The third-order valence-electron chi connectivity index (χ3n) is 3.99. The van der Waals surface area contributed by atoms with Crippen LogP contribution in [0.25, 0.3) is 0 Å². The van der Waals surface area contributed by atoms with Gasteiger partial charge in [0.15, 0.2) is 0 Å². The van der Waals surface area contributed by atoms with Crippen LogP contribution in [0.5, 0.6) is 0 Å². The Labute approximate surface area is 115 Å². The van der Waals surface area contributed by atoms with E-state index >= 15 is 0 Å². The standard InChI is InChI=1S/C14H26N2OS/c1-2-7-15-13-4-3-8-16(14(13)17)11-12-5-9-18-10-6-12/h12-13,15H,2-11H2,1H3. The van der Waals surface area contributed by atoms with Gasteiger partial charge in [0.1, 0.15) is 0 Å². The van der Waals surface area contributed by atoms with Crippen LogP contribution in [-0.4, -0.2) is 48.0 Å². The predicted molar refractivity (Wildman–Crippen MR) is 77.9 cm³/mol. The molecule has 2 aliphatic heterocycles. The van der Waals surface area contributed by atoms with Crippen molar-refractivity contribution < 1.29 is 4.79 Å². The SMILES string of the molecule is CCCNC1CCCN(CC2CCSCC2)C1=O. The van der Waals surface area contributed by atoms with Gasteiger partial charge in [-0.3, -0.25) is 4.79 Å². The Kier molecular flexibility index (Phi) is 5.83. The molecule has 0 aromatic carbocycles. The number of rotatable bonds is 5. The second kappa shape index (κ2) is 7.39. The molecular formula is C14H26N2OS. The fourth-order valence-electron chi connectivity index (χ4n) is 2.87. The lowest BCUT2D eigenvalue weighted by Crippen LogP contribution is -2.52. The summed E-state index contributed by atoms with van der Waals surface area (Å²) in [6.07, 6.45) is 5.87. The Morgan fingerprint density at radius 3 is 2.83 bits per heavy atom. The molecule has 0 aromatic heterocycles. The van der Waals surface area contributed by atoms with E-state index in [4.69, 9.17) is 0 Å². The second-order valence-electron chi connectivity index (χ2n) is 5.49. The topological polar surface area (TPSA) is 32.3 Å². The van der Waals surface area contributed by atoms with E-state index in [1.807, 2.05) is 0 Å². The molecule has 1 amide bonds. The Morgan fingerprint density at radius 2 is 2.11 bits per heavy atom. The fraction of sp³-hybridized carbons (Fsp3) is 0.929. The van der Waals surface area contributed by atoms with Crippen LogP contribution in [0, 0.1) is 5.92 Å². The van der Waals surface area contributed by atoms with E-state index in [-0.39, 0.29) is 6.04 Å². The molecule has 4 heteroatoms. The number of amides is 1. The molecule has 2 saturated heterocycles. The molecule has 0 bridgehead atoms. The van der Waals surface area contributed by atoms with Gasteiger partial charge in [-0.2, -0.15) is 11.8 Å². The molecule has 2 heterocycles. The van der Waals surface area contributed by atoms with Crippen LogP contribution in [0.1, 0.15) is 39.0 Å². The lowest BCUT2D eigenvalue weighted by Gasteiger charge is -2.36. The van der Waals surface area contributed by atoms with E-state index in [0.717, 1.165) is 44.8 Å². The Balaban J connectivity index is 1.81. The van der Waals surface area contributed by atoms with Crippen molar-refractivity contribution in [2.75, 3.05) is 31.1 Å².